The fourth-order valence-electron chi connectivity index (χ4n) is 12.3. The van der Waals surface area contributed by atoms with Crippen molar-refractivity contribution in [1.29, 1.82) is 0 Å². The van der Waals surface area contributed by atoms with Crippen LogP contribution >= 0.6 is 23.2 Å². The van der Waals surface area contributed by atoms with Gasteiger partial charge in [-0.25, -0.2) is 19.5 Å². The minimum absolute atomic E-state index is 0.174. The summed E-state index contributed by atoms with van der Waals surface area (Å²) in [5.41, 5.74) is 17.8. The number of nitrogens with one attached hydrogen (secondary N) is 3. The molecular formula is C80H77Cl2N12O4+. The molecule has 13 rings (SSSR count). The van der Waals surface area contributed by atoms with Gasteiger partial charge in [0.25, 0.3) is 0 Å². The molecule has 8 bridgehead atoms. The summed E-state index contributed by atoms with van der Waals surface area (Å²) >= 11 is 12.4. The van der Waals surface area contributed by atoms with Gasteiger partial charge >= 0.3 is 0 Å². The highest BCUT2D eigenvalue weighted by Gasteiger charge is 2.28. The molecule has 0 fully saturated rings. The second kappa shape index (κ2) is 31.5. The number of allylic oxidation sites excluding steroid dienone is 11. The summed E-state index contributed by atoms with van der Waals surface area (Å²) in [6, 6.07) is 40.3. The number of anilines is 2. The normalized spacial score (nSPS) is 15.2. The minimum atomic E-state index is 0.174. The zero-order valence-corrected chi connectivity index (χ0v) is 56.4. The number of H-pyrrole nitrogens is 1. The van der Waals surface area contributed by atoms with E-state index in [-0.39, 0.29) is 11.8 Å². The van der Waals surface area contributed by atoms with Gasteiger partial charge in [-0.1, -0.05) is 47.5 Å². The van der Waals surface area contributed by atoms with Gasteiger partial charge < -0.3 is 40.2 Å². The molecule has 9 heterocycles. The van der Waals surface area contributed by atoms with Crippen molar-refractivity contribution in [3.05, 3.63) is 273 Å². The van der Waals surface area contributed by atoms with Gasteiger partial charge in [-0.05, 0) is 207 Å². The first kappa shape index (κ1) is 66.0. The molecule has 98 heavy (non-hydrogen) atoms. The average molecular weight is 1340 g/mol. The Morgan fingerprint density at radius 3 is 1.44 bits per heavy atom. The van der Waals surface area contributed by atoms with E-state index in [0.29, 0.717) is 49.2 Å². The first-order chi connectivity index (χ1) is 48.0. The molecule has 5 N–H and O–H groups in total. The van der Waals surface area contributed by atoms with Gasteiger partial charge in [0, 0.05) is 149 Å². The van der Waals surface area contributed by atoms with Crippen molar-refractivity contribution < 1.29 is 24.3 Å². The molecule has 16 nitrogen and oxygen atoms in total. The topological polar surface area (TPSA) is 193 Å². The van der Waals surface area contributed by atoms with Crippen LogP contribution < -0.4 is 24.7 Å². The summed E-state index contributed by atoms with van der Waals surface area (Å²) in [6.07, 6.45) is 36.0. The number of nitrogens with zero attached hydrogens (tertiary/aromatic N) is 9. The highest BCUT2D eigenvalue weighted by Crippen LogP contribution is 2.39. The van der Waals surface area contributed by atoms with Gasteiger partial charge in [-0.2, -0.15) is 0 Å². The van der Waals surface area contributed by atoms with E-state index in [9.17, 15) is 10.2 Å². The zero-order chi connectivity index (χ0) is 67.2. The summed E-state index contributed by atoms with van der Waals surface area (Å²) in [4.78, 5) is 40.1. The Kier molecular flexibility index (Phi) is 21.2. The molecule has 4 aromatic carbocycles. The first-order valence-electron chi connectivity index (χ1n) is 33.5. The Morgan fingerprint density at radius 1 is 0.500 bits per heavy atom. The lowest BCUT2D eigenvalue weighted by atomic mass is 9.97. The van der Waals surface area contributed by atoms with Crippen LogP contribution in [0.2, 0.25) is 10.0 Å². The minimum Gasteiger partial charge on any atom is -0.497 e. The van der Waals surface area contributed by atoms with Crippen LogP contribution in [0.4, 0.5) is 11.4 Å². The number of aliphatic imine (C=N–C) groups is 5. The van der Waals surface area contributed by atoms with Gasteiger partial charge in [0.05, 0.1) is 58.5 Å². The molecule has 0 aliphatic carbocycles. The van der Waals surface area contributed by atoms with Crippen LogP contribution in [0.15, 0.2) is 260 Å². The molecule has 8 aromatic rings. The summed E-state index contributed by atoms with van der Waals surface area (Å²) in [7, 11) is 4.03. The van der Waals surface area contributed by atoms with Gasteiger partial charge in [0.1, 0.15) is 18.5 Å². The van der Waals surface area contributed by atoms with E-state index in [1.54, 1.807) is 12.4 Å². The predicted octanol–water partition coefficient (Wildman–Crippen LogP) is 17.3. The van der Waals surface area contributed by atoms with Crippen molar-refractivity contribution in [1.82, 2.24) is 19.9 Å². The SMILES string of the molecule is CN1C=CC(=C2C3=NC(=C(c4ccc(OCCCCC(O)=NCCCCNc5ccnc6cc(Cl)ccc56)cc4)C4=NC(=C(c5ccc(OCCCCC(O)=NCCCCNc6ccnc7cc(Cl)ccc67)cc5)c5ccc([nH]5)C(c5cc[n+](C)cc5)=C5C=CC2=N5)C=C4)C=C3)C=C1. The van der Waals surface area contributed by atoms with Crippen molar-refractivity contribution in [3.8, 4) is 11.5 Å². The number of benzene rings is 4. The van der Waals surface area contributed by atoms with Gasteiger partial charge in [-0.3, -0.25) is 20.0 Å². The Morgan fingerprint density at radius 2 is 0.949 bits per heavy atom. The molecule has 0 saturated carbocycles. The summed E-state index contributed by atoms with van der Waals surface area (Å²) in [6.45, 7) is 3.67. The van der Waals surface area contributed by atoms with Crippen LogP contribution in [0.3, 0.4) is 0 Å². The molecule has 0 atom stereocenters. The quantitative estimate of drug-likeness (QED) is 0.0144. The van der Waals surface area contributed by atoms with Crippen molar-refractivity contribution in [2.75, 3.05) is 57.1 Å². The summed E-state index contributed by atoms with van der Waals surface area (Å²) in [5.74, 6) is 1.83. The first-order valence-corrected chi connectivity index (χ1v) is 34.3. The van der Waals surface area contributed by atoms with E-state index in [1.807, 2.05) is 109 Å². The second-order valence-electron chi connectivity index (χ2n) is 24.5. The van der Waals surface area contributed by atoms with E-state index in [0.717, 1.165) is 199 Å². The number of hydrogen-bond acceptors (Lipinski definition) is 12. The molecule has 494 valence electrons. The van der Waals surface area contributed by atoms with Gasteiger partial charge in [0.2, 0.25) is 0 Å². The summed E-state index contributed by atoms with van der Waals surface area (Å²) in [5, 5.41) is 31.7. The highest BCUT2D eigenvalue weighted by atomic mass is 35.5. The second-order valence-corrected chi connectivity index (χ2v) is 25.4. The number of aliphatic hydroxyl groups is 2. The molecule has 0 unspecified atom stereocenters. The largest absolute Gasteiger partial charge is 0.497 e. The number of aromatic amines is 1. The van der Waals surface area contributed by atoms with Crippen LogP contribution in [0.25, 0.3) is 38.5 Å². The molecule has 0 amide bonds. The maximum Gasteiger partial charge on any atom is 0.180 e. The number of unbranched alkanes of at least 4 members (excludes halogenated alkanes) is 4. The Labute approximate surface area is 581 Å². The van der Waals surface area contributed by atoms with Crippen LogP contribution in [-0.4, -0.2) is 105 Å². The number of hydrogen-bond donors (Lipinski definition) is 5. The van der Waals surface area contributed by atoms with Gasteiger partial charge in [0.15, 0.2) is 24.2 Å². The third kappa shape index (κ3) is 16.2. The molecular weight excluding hydrogens is 1260 g/mol. The monoisotopic (exact) mass is 1340 g/mol. The Bertz CT molecular complexity index is 4740. The lowest BCUT2D eigenvalue weighted by Gasteiger charge is -2.16. The zero-order valence-electron chi connectivity index (χ0n) is 54.9. The maximum absolute atomic E-state index is 10.6. The molecule has 0 spiro atoms. The molecule has 5 aliphatic rings. The lowest BCUT2D eigenvalue weighted by Crippen LogP contribution is -2.25. The van der Waals surface area contributed by atoms with E-state index >= 15 is 0 Å². The number of fused-ring (bicyclic) bond motifs is 7. The van der Waals surface area contributed by atoms with Crippen molar-refractivity contribution in [2.45, 2.75) is 64.2 Å². The fourth-order valence-corrected chi connectivity index (χ4v) is 12.6. The van der Waals surface area contributed by atoms with E-state index < -0.39 is 0 Å². The smallest absolute Gasteiger partial charge is 0.180 e. The third-order valence-corrected chi connectivity index (χ3v) is 17.9. The molecule has 0 radical (unpaired) electrons. The Hall–Kier alpha value is -10.7. The number of rotatable bonds is 27. The lowest BCUT2D eigenvalue weighted by molar-refractivity contribution is -0.671. The molecule has 18 heteroatoms. The standard InChI is InChI=1S/C80H76Cl2N12O4/c1-93-45-35-55(36-46-93)79-69-29-27-67(90-69)77(53-13-19-59(20-14-53)97-49-9-3-11-75(95)87-41-7-5-39-83-63-33-43-85-73-51-57(81)17-23-61(63)73)65-25-26-66(89-65)78(68-28-30-70(91-68)80(72-32-31-71(79)92-72)56-37-47-94(2)48-38-56)54-15-21-60(22-16-54)98-50-10-4-12-76(96)88-42-8-6-40-84-64-34-44-86-74-52-58(82)18-24-62(64)74/h13-38,43-48,51-52H,3-12,39-42,49-50H2,1-2H3,(H4-,83,84,85,86,87,88,89,90,91,92,95,96)/p+1. The van der Waals surface area contributed by atoms with Crippen LogP contribution in [0, 0.1) is 0 Å². The molecule has 0 saturated heterocycles. The molecule has 5 aliphatic heterocycles. The third-order valence-electron chi connectivity index (χ3n) is 17.4. The van der Waals surface area contributed by atoms with Crippen LogP contribution in [-0.2, 0) is 7.05 Å². The average Bonchev–Trinajstić information content (AvgIpc) is 1.61. The Balaban J connectivity index is 0.699. The van der Waals surface area contributed by atoms with E-state index in [2.05, 4.69) is 145 Å². The maximum atomic E-state index is 10.6. The van der Waals surface area contributed by atoms with Crippen molar-refractivity contribution in [2.24, 2.45) is 32.0 Å². The van der Waals surface area contributed by atoms with Crippen molar-refractivity contribution in [3.63, 3.8) is 0 Å². The van der Waals surface area contributed by atoms with E-state index in [4.69, 9.17) is 47.7 Å². The number of halogens is 2. The van der Waals surface area contributed by atoms with Crippen LogP contribution in [0.1, 0.15) is 92.3 Å². The van der Waals surface area contributed by atoms with E-state index in [1.165, 1.54) is 0 Å². The fraction of sp³-hybridized carbons (Fsp3) is 0.225. The number of aliphatic hydroxyl groups excluding tert-OH is 2. The summed E-state index contributed by atoms with van der Waals surface area (Å²) < 4.78 is 14.6. The number of aryl methyl sites for hydroxylation is 1. The highest BCUT2D eigenvalue weighted by molar-refractivity contribution is 6.37. The van der Waals surface area contributed by atoms with Crippen molar-refractivity contribution >= 4 is 102 Å². The number of aromatic nitrogens is 4. The number of pyridine rings is 3. The predicted molar refractivity (Wildman–Crippen MR) is 401 cm³/mol. The van der Waals surface area contributed by atoms with Gasteiger partial charge in [-0.15, -0.1) is 0 Å². The molecule has 4 aromatic heterocycles. The van der Waals surface area contributed by atoms with Crippen LogP contribution in [0.5, 0.6) is 11.5 Å². The number of ether oxygens (including phenoxy) is 2.